The van der Waals surface area contributed by atoms with Gasteiger partial charge < -0.3 is 14.7 Å². The number of aliphatic hydroxyl groups is 1. The lowest BCUT2D eigenvalue weighted by molar-refractivity contribution is -0.208. The van der Waals surface area contributed by atoms with E-state index in [-0.39, 0.29) is 32.8 Å². The van der Waals surface area contributed by atoms with Gasteiger partial charge in [-0.15, -0.1) is 0 Å². The van der Waals surface area contributed by atoms with E-state index in [9.17, 15) is 18.0 Å². The first-order chi connectivity index (χ1) is 10.9. The number of piperazine rings is 1. The smallest absolute Gasteiger partial charge is 0.415 e. The number of alkyl halides is 3. The second-order valence-corrected chi connectivity index (χ2v) is 5.39. The zero-order chi connectivity index (χ0) is 16.9. The third-order valence-corrected chi connectivity index (χ3v) is 3.64. The van der Waals surface area contributed by atoms with Crippen molar-refractivity contribution in [2.75, 3.05) is 32.7 Å². The zero-order valence-corrected chi connectivity index (χ0v) is 12.5. The van der Waals surface area contributed by atoms with Crippen LogP contribution in [0.3, 0.4) is 0 Å². The van der Waals surface area contributed by atoms with Crippen molar-refractivity contribution >= 4 is 6.09 Å². The molecule has 1 aromatic rings. The fourth-order valence-electron chi connectivity index (χ4n) is 2.27. The summed E-state index contributed by atoms with van der Waals surface area (Å²) in [7, 11) is 0. The van der Waals surface area contributed by atoms with Gasteiger partial charge in [0.15, 0.2) is 6.10 Å². The van der Waals surface area contributed by atoms with E-state index in [1.807, 2.05) is 30.3 Å². The number of hydrogen-bond donors (Lipinski definition) is 1. The molecule has 1 aromatic carbocycles. The summed E-state index contributed by atoms with van der Waals surface area (Å²) in [5.74, 6) is 0. The molecule has 0 spiro atoms. The molecule has 1 atom stereocenters. The first kappa shape index (κ1) is 17.6. The highest BCUT2D eigenvalue weighted by molar-refractivity contribution is 5.67. The minimum Gasteiger partial charge on any atom is -0.445 e. The molecule has 0 aliphatic carbocycles. The molecule has 23 heavy (non-hydrogen) atoms. The molecule has 1 aliphatic rings. The largest absolute Gasteiger partial charge is 0.445 e. The van der Waals surface area contributed by atoms with Crippen LogP contribution in [0.15, 0.2) is 30.3 Å². The van der Waals surface area contributed by atoms with Crippen molar-refractivity contribution in [2.45, 2.75) is 18.9 Å². The molecule has 1 unspecified atom stereocenters. The molecule has 1 N–H and O–H groups in total. The van der Waals surface area contributed by atoms with E-state index >= 15 is 0 Å². The van der Waals surface area contributed by atoms with Gasteiger partial charge in [-0.1, -0.05) is 30.3 Å². The van der Waals surface area contributed by atoms with Crippen LogP contribution >= 0.6 is 0 Å². The predicted molar refractivity (Wildman–Crippen MR) is 76.7 cm³/mol. The summed E-state index contributed by atoms with van der Waals surface area (Å²) in [6, 6.07) is 9.22. The third-order valence-electron chi connectivity index (χ3n) is 3.64. The van der Waals surface area contributed by atoms with Crippen LogP contribution in [0.2, 0.25) is 0 Å². The maximum Gasteiger partial charge on any atom is 0.415 e. The predicted octanol–water partition coefficient (Wildman–Crippen LogP) is 1.86. The number of hydrogen-bond acceptors (Lipinski definition) is 4. The Morgan fingerprint density at radius 2 is 1.78 bits per heavy atom. The van der Waals surface area contributed by atoms with Crippen molar-refractivity contribution in [3.8, 4) is 0 Å². The summed E-state index contributed by atoms with van der Waals surface area (Å²) in [6.45, 7) is 0.778. The van der Waals surface area contributed by atoms with Gasteiger partial charge in [-0.05, 0) is 5.56 Å². The van der Waals surface area contributed by atoms with Crippen LogP contribution in [0.5, 0.6) is 0 Å². The Bertz CT molecular complexity index is 502. The molecule has 8 heteroatoms. The molecular weight excluding hydrogens is 313 g/mol. The van der Waals surface area contributed by atoms with E-state index in [4.69, 9.17) is 9.84 Å². The van der Waals surface area contributed by atoms with E-state index in [0.29, 0.717) is 0 Å². The molecule has 0 bridgehead atoms. The molecule has 1 saturated heterocycles. The lowest BCUT2D eigenvalue weighted by Crippen LogP contribution is -2.52. The van der Waals surface area contributed by atoms with Gasteiger partial charge in [0.1, 0.15) is 6.61 Å². The highest BCUT2D eigenvalue weighted by Crippen LogP contribution is 2.21. The highest BCUT2D eigenvalue weighted by atomic mass is 19.4. The average Bonchev–Trinajstić information content (AvgIpc) is 2.53. The summed E-state index contributed by atoms with van der Waals surface area (Å²) < 4.78 is 42.1. The number of nitrogens with zero attached hydrogens (tertiary/aromatic N) is 2. The van der Waals surface area contributed by atoms with Crippen molar-refractivity contribution < 1.29 is 27.8 Å². The molecule has 2 rings (SSSR count). The Labute approximate surface area is 132 Å². The number of amides is 1. The Morgan fingerprint density at radius 1 is 1.17 bits per heavy atom. The molecular formula is C15H19F3N2O3. The van der Waals surface area contributed by atoms with Gasteiger partial charge in [0, 0.05) is 32.7 Å². The Morgan fingerprint density at radius 3 is 2.35 bits per heavy atom. The second kappa shape index (κ2) is 7.65. The van der Waals surface area contributed by atoms with E-state index in [1.54, 1.807) is 0 Å². The maximum absolute atomic E-state index is 12.3. The average molecular weight is 332 g/mol. The van der Waals surface area contributed by atoms with Crippen LogP contribution < -0.4 is 0 Å². The van der Waals surface area contributed by atoms with Gasteiger partial charge in [-0.2, -0.15) is 13.2 Å². The van der Waals surface area contributed by atoms with Gasteiger partial charge in [0.2, 0.25) is 0 Å². The molecule has 5 nitrogen and oxygen atoms in total. The normalized spacial score (nSPS) is 17.8. The Hall–Kier alpha value is -1.80. The number of ether oxygens (including phenoxy) is 1. The molecule has 1 fully saturated rings. The summed E-state index contributed by atoms with van der Waals surface area (Å²) >= 11 is 0. The first-order valence-corrected chi connectivity index (χ1v) is 7.29. The van der Waals surface area contributed by atoms with Crippen LogP contribution in [0.1, 0.15) is 5.56 Å². The minimum atomic E-state index is -4.62. The van der Waals surface area contributed by atoms with Crippen molar-refractivity contribution in [3.63, 3.8) is 0 Å². The number of benzene rings is 1. The van der Waals surface area contributed by atoms with E-state index in [2.05, 4.69) is 0 Å². The number of β-amino-alcohol motifs (C(OH)–C–C–N with tert-alkyl or cyclic N) is 1. The van der Waals surface area contributed by atoms with Crippen molar-refractivity contribution in [1.82, 2.24) is 9.80 Å². The van der Waals surface area contributed by atoms with Gasteiger partial charge in [0.05, 0.1) is 0 Å². The number of rotatable bonds is 4. The summed E-state index contributed by atoms with van der Waals surface area (Å²) in [5.41, 5.74) is 0.868. The highest BCUT2D eigenvalue weighted by Gasteiger charge is 2.39. The van der Waals surface area contributed by atoms with Gasteiger partial charge in [0.25, 0.3) is 0 Å². The number of carbonyl (C=O) groups excluding carboxylic acids is 1. The van der Waals surface area contributed by atoms with Crippen molar-refractivity contribution in [2.24, 2.45) is 0 Å². The lowest BCUT2D eigenvalue weighted by atomic mass is 10.2. The molecule has 0 saturated carbocycles. The van der Waals surface area contributed by atoms with Crippen molar-refractivity contribution in [1.29, 1.82) is 0 Å². The molecule has 1 heterocycles. The number of carbonyl (C=O) groups is 1. The molecule has 1 amide bonds. The maximum atomic E-state index is 12.3. The standard InChI is InChI=1S/C15H19F3N2O3/c16-15(17,18)13(21)10-19-6-8-20(9-7-19)14(22)23-11-12-4-2-1-3-5-12/h1-5,13,21H,6-11H2. The quantitative estimate of drug-likeness (QED) is 0.914. The molecule has 1 aliphatic heterocycles. The Kier molecular flexibility index (Phi) is 5.84. The lowest BCUT2D eigenvalue weighted by Gasteiger charge is -2.35. The van der Waals surface area contributed by atoms with Crippen LogP contribution in [-0.4, -0.2) is 66.0 Å². The topological polar surface area (TPSA) is 53.0 Å². The number of aliphatic hydroxyl groups excluding tert-OH is 1. The fraction of sp³-hybridized carbons (Fsp3) is 0.533. The van der Waals surface area contributed by atoms with E-state index < -0.39 is 24.9 Å². The van der Waals surface area contributed by atoms with E-state index in [0.717, 1.165) is 5.56 Å². The summed E-state index contributed by atoms with van der Waals surface area (Å²) in [5, 5.41) is 9.05. The van der Waals surface area contributed by atoms with Gasteiger partial charge in [-0.25, -0.2) is 4.79 Å². The summed E-state index contributed by atoms with van der Waals surface area (Å²) in [4.78, 5) is 14.9. The van der Waals surface area contributed by atoms with Gasteiger partial charge in [-0.3, -0.25) is 4.90 Å². The Balaban J connectivity index is 1.72. The zero-order valence-electron chi connectivity index (χ0n) is 12.5. The molecule has 0 aromatic heterocycles. The fourth-order valence-corrected chi connectivity index (χ4v) is 2.27. The van der Waals surface area contributed by atoms with Crippen LogP contribution in [-0.2, 0) is 11.3 Å². The van der Waals surface area contributed by atoms with E-state index in [1.165, 1.54) is 9.80 Å². The van der Waals surface area contributed by atoms with Crippen molar-refractivity contribution in [3.05, 3.63) is 35.9 Å². The van der Waals surface area contributed by atoms with Crippen LogP contribution in [0, 0.1) is 0 Å². The molecule has 128 valence electrons. The van der Waals surface area contributed by atoms with Crippen LogP contribution in [0.25, 0.3) is 0 Å². The van der Waals surface area contributed by atoms with Crippen LogP contribution in [0.4, 0.5) is 18.0 Å². The second-order valence-electron chi connectivity index (χ2n) is 5.39. The minimum absolute atomic E-state index is 0.159. The number of halogens is 3. The summed E-state index contributed by atoms with van der Waals surface area (Å²) in [6.07, 6.45) is -7.46. The third kappa shape index (κ3) is 5.40. The first-order valence-electron chi connectivity index (χ1n) is 7.29. The van der Waals surface area contributed by atoms with Gasteiger partial charge >= 0.3 is 12.3 Å². The monoisotopic (exact) mass is 332 g/mol. The molecule has 0 radical (unpaired) electrons. The SMILES string of the molecule is O=C(OCc1ccccc1)N1CCN(CC(O)C(F)(F)F)CC1.